The summed E-state index contributed by atoms with van der Waals surface area (Å²) in [4.78, 5) is 0. The molecule has 0 bridgehead atoms. The molecule has 0 saturated carbocycles. The number of unbranched alkanes of at least 4 members (excludes halogenated alkanes) is 9. The van der Waals surface area contributed by atoms with Crippen LogP contribution in [-0.2, 0) is 23.5 Å². The lowest BCUT2D eigenvalue weighted by Crippen LogP contribution is -2.19. The SMILES string of the molecule is CCCCCCCCCCCCOCC(O)CCOS(=O)(=O)OC. The quantitative estimate of drug-likeness (QED) is 0.372. The van der Waals surface area contributed by atoms with E-state index in [2.05, 4.69) is 15.3 Å². The Kier molecular flexibility index (Phi) is 16.1. The van der Waals surface area contributed by atoms with E-state index < -0.39 is 16.5 Å². The first-order valence-electron chi connectivity index (χ1n) is 9.22. The van der Waals surface area contributed by atoms with Crippen molar-refractivity contribution in [2.45, 2.75) is 83.7 Å². The van der Waals surface area contributed by atoms with Crippen LogP contribution in [0.4, 0.5) is 0 Å². The molecule has 0 rings (SSSR count). The highest BCUT2D eigenvalue weighted by atomic mass is 32.3. The van der Waals surface area contributed by atoms with Gasteiger partial charge in [-0.2, -0.15) is 8.42 Å². The van der Waals surface area contributed by atoms with Gasteiger partial charge in [-0.1, -0.05) is 64.7 Å². The van der Waals surface area contributed by atoms with E-state index in [9.17, 15) is 13.5 Å². The molecule has 1 N–H and O–H groups in total. The molecule has 0 aliphatic carbocycles. The molecule has 24 heavy (non-hydrogen) atoms. The van der Waals surface area contributed by atoms with E-state index in [1.807, 2.05) is 0 Å². The van der Waals surface area contributed by atoms with Gasteiger partial charge >= 0.3 is 10.4 Å². The fourth-order valence-electron chi connectivity index (χ4n) is 2.33. The van der Waals surface area contributed by atoms with Crippen molar-refractivity contribution in [1.29, 1.82) is 0 Å². The van der Waals surface area contributed by atoms with Gasteiger partial charge in [0.15, 0.2) is 0 Å². The number of aliphatic hydroxyl groups is 1. The number of ether oxygens (including phenoxy) is 1. The summed E-state index contributed by atoms with van der Waals surface area (Å²) in [6.45, 7) is 2.96. The second-order valence-electron chi connectivity index (χ2n) is 6.10. The van der Waals surface area contributed by atoms with Gasteiger partial charge in [0.1, 0.15) is 0 Å². The monoisotopic (exact) mass is 368 g/mol. The van der Waals surface area contributed by atoms with Gasteiger partial charge in [-0.05, 0) is 6.42 Å². The van der Waals surface area contributed by atoms with E-state index in [0.29, 0.717) is 6.61 Å². The van der Waals surface area contributed by atoms with Crippen LogP contribution >= 0.6 is 0 Å². The maximum Gasteiger partial charge on any atom is 0.399 e. The van der Waals surface area contributed by atoms with E-state index in [-0.39, 0.29) is 19.6 Å². The summed E-state index contributed by atoms with van der Waals surface area (Å²) < 4.78 is 35.8. The minimum Gasteiger partial charge on any atom is -0.391 e. The van der Waals surface area contributed by atoms with Crippen LogP contribution in [-0.4, -0.2) is 46.6 Å². The van der Waals surface area contributed by atoms with Crippen molar-refractivity contribution in [3.05, 3.63) is 0 Å². The lowest BCUT2D eigenvalue weighted by atomic mass is 10.1. The molecule has 0 aliphatic heterocycles. The molecule has 1 atom stereocenters. The third-order valence-electron chi connectivity index (χ3n) is 3.84. The van der Waals surface area contributed by atoms with Crippen LogP contribution in [0.25, 0.3) is 0 Å². The van der Waals surface area contributed by atoms with Gasteiger partial charge in [0, 0.05) is 13.0 Å². The Morgan fingerprint density at radius 2 is 1.42 bits per heavy atom. The average molecular weight is 369 g/mol. The Bertz CT molecular complexity index is 358. The Labute approximate surface area is 148 Å². The highest BCUT2D eigenvalue weighted by Crippen LogP contribution is 2.10. The summed E-state index contributed by atoms with van der Waals surface area (Å²) >= 11 is 0. The summed E-state index contributed by atoms with van der Waals surface area (Å²) in [5.74, 6) is 0. The van der Waals surface area contributed by atoms with E-state index in [1.165, 1.54) is 51.4 Å². The molecular formula is C17H36O6S. The third-order valence-corrected chi connectivity index (χ3v) is 4.70. The van der Waals surface area contributed by atoms with Gasteiger partial charge in [0.05, 0.1) is 26.4 Å². The molecule has 0 aromatic heterocycles. The summed E-state index contributed by atoms with van der Waals surface area (Å²) in [7, 11) is -2.89. The first-order valence-corrected chi connectivity index (χ1v) is 10.6. The van der Waals surface area contributed by atoms with Crippen molar-refractivity contribution >= 4 is 10.4 Å². The molecule has 0 spiro atoms. The highest BCUT2D eigenvalue weighted by Gasteiger charge is 2.11. The molecule has 0 amide bonds. The van der Waals surface area contributed by atoms with Crippen LogP contribution < -0.4 is 0 Å². The maximum absolute atomic E-state index is 10.9. The lowest BCUT2D eigenvalue weighted by Gasteiger charge is -2.11. The summed E-state index contributed by atoms with van der Waals surface area (Å²) in [5.41, 5.74) is 0. The molecule has 0 saturated heterocycles. The Morgan fingerprint density at radius 1 is 0.875 bits per heavy atom. The summed E-state index contributed by atoms with van der Waals surface area (Å²) in [5, 5.41) is 9.64. The molecule has 0 heterocycles. The molecule has 0 radical (unpaired) electrons. The van der Waals surface area contributed by atoms with Crippen molar-refractivity contribution in [3.8, 4) is 0 Å². The van der Waals surface area contributed by atoms with E-state index in [1.54, 1.807) is 0 Å². The largest absolute Gasteiger partial charge is 0.399 e. The van der Waals surface area contributed by atoms with E-state index in [0.717, 1.165) is 20.0 Å². The Hall–Kier alpha value is -0.210. The first-order chi connectivity index (χ1) is 11.5. The fourth-order valence-corrected chi connectivity index (χ4v) is 2.73. The van der Waals surface area contributed by atoms with Crippen molar-refractivity contribution in [2.24, 2.45) is 0 Å². The molecule has 0 aromatic carbocycles. The number of rotatable bonds is 18. The average Bonchev–Trinajstić information content (AvgIpc) is 2.55. The molecule has 1 unspecified atom stereocenters. The number of hydrogen-bond donors (Lipinski definition) is 1. The summed E-state index contributed by atoms with van der Waals surface area (Å²) in [6, 6.07) is 0. The fraction of sp³-hybridized carbons (Fsp3) is 1.00. The van der Waals surface area contributed by atoms with Crippen molar-refractivity contribution in [3.63, 3.8) is 0 Å². The predicted molar refractivity (Wildman–Crippen MR) is 95.2 cm³/mol. The van der Waals surface area contributed by atoms with Crippen LogP contribution in [0.3, 0.4) is 0 Å². The van der Waals surface area contributed by atoms with Crippen LogP contribution in [0, 0.1) is 0 Å². The van der Waals surface area contributed by atoms with Crippen molar-refractivity contribution < 1.29 is 26.6 Å². The van der Waals surface area contributed by atoms with Gasteiger partial charge in [-0.25, -0.2) is 4.18 Å². The molecule has 0 fully saturated rings. The zero-order valence-electron chi connectivity index (χ0n) is 15.4. The topological polar surface area (TPSA) is 82.1 Å². The highest BCUT2D eigenvalue weighted by molar-refractivity contribution is 7.81. The van der Waals surface area contributed by atoms with Crippen molar-refractivity contribution in [1.82, 2.24) is 0 Å². The molecule has 6 nitrogen and oxygen atoms in total. The maximum atomic E-state index is 10.9. The Balaban J connectivity index is 3.26. The van der Waals surface area contributed by atoms with Crippen LogP contribution in [0.15, 0.2) is 0 Å². The Morgan fingerprint density at radius 3 is 1.96 bits per heavy atom. The number of aliphatic hydroxyl groups excluding tert-OH is 1. The predicted octanol–water partition coefficient (Wildman–Crippen LogP) is 3.58. The molecule has 7 heteroatoms. The van der Waals surface area contributed by atoms with E-state index in [4.69, 9.17) is 4.74 Å². The number of hydrogen-bond acceptors (Lipinski definition) is 6. The van der Waals surface area contributed by atoms with Gasteiger partial charge in [0.2, 0.25) is 0 Å². The van der Waals surface area contributed by atoms with Crippen LogP contribution in [0.2, 0.25) is 0 Å². The van der Waals surface area contributed by atoms with Gasteiger partial charge < -0.3 is 9.84 Å². The minimum absolute atomic E-state index is 0.112. The molecule has 0 aromatic rings. The normalized spacial score (nSPS) is 13.3. The van der Waals surface area contributed by atoms with Crippen LogP contribution in [0.1, 0.15) is 77.6 Å². The first kappa shape index (κ1) is 23.8. The smallest absolute Gasteiger partial charge is 0.391 e. The third kappa shape index (κ3) is 16.6. The zero-order valence-corrected chi connectivity index (χ0v) is 16.2. The second kappa shape index (κ2) is 16.3. The zero-order chi connectivity index (χ0) is 18.1. The van der Waals surface area contributed by atoms with E-state index >= 15 is 0 Å². The van der Waals surface area contributed by atoms with Gasteiger partial charge in [0.25, 0.3) is 0 Å². The van der Waals surface area contributed by atoms with Gasteiger partial charge in [-0.15, -0.1) is 0 Å². The second-order valence-corrected chi connectivity index (χ2v) is 7.48. The summed E-state index contributed by atoms with van der Waals surface area (Å²) in [6.07, 6.45) is 12.2. The standard InChI is InChI=1S/C17H36O6S/c1-3-4-5-6-7-8-9-10-11-12-14-22-16-17(18)13-15-23-24(19,20)21-2/h17-18H,3-16H2,1-2H3. The van der Waals surface area contributed by atoms with Crippen LogP contribution in [0.5, 0.6) is 0 Å². The lowest BCUT2D eigenvalue weighted by molar-refractivity contribution is 0.0240. The minimum atomic E-state index is -3.91. The molecular weight excluding hydrogens is 332 g/mol. The molecule has 0 aliphatic rings. The molecule has 146 valence electrons. The van der Waals surface area contributed by atoms with Crippen molar-refractivity contribution in [2.75, 3.05) is 26.9 Å². The van der Waals surface area contributed by atoms with Gasteiger partial charge in [-0.3, -0.25) is 4.18 Å².